The Morgan fingerprint density at radius 1 is 1.25 bits per heavy atom. The molecular weight excluding hydrogens is 248 g/mol. The molecule has 0 aliphatic heterocycles. The molecule has 0 spiro atoms. The van der Waals surface area contributed by atoms with Crippen molar-refractivity contribution in [3.8, 4) is 0 Å². The van der Waals surface area contributed by atoms with Crippen LogP contribution in [0.4, 0.5) is 0 Å². The van der Waals surface area contributed by atoms with Gasteiger partial charge in [-0.15, -0.1) is 0 Å². The Hall–Kier alpha value is -1.35. The summed E-state index contributed by atoms with van der Waals surface area (Å²) in [5.41, 5.74) is 2.61. The van der Waals surface area contributed by atoms with Gasteiger partial charge in [0.05, 0.1) is 0 Å². The predicted octanol–water partition coefficient (Wildman–Crippen LogP) is 2.40. The number of benzene rings is 1. The first-order valence-electron chi connectivity index (χ1n) is 7.58. The maximum atomic E-state index is 9.40. The van der Waals surface area contributed by atoms with Gasteiger partial charge in [-0.25, -0.2) is 0 Å². The van der Waals surface area contributed by atoms with Gasteiger partial charge in [-0.1, -0.05) is 49.3 Å². The fourth-order valence-electron chi connectivity index (χ4n) is 4.39. The van der Waals surface area contributed by atoms with E-state index in [1.807, 2.05) is 6.07 Å². The summed E-state index contributed by atoms with van der Waals surface area (Å²) >= 11 is 0. The zero-order valence-corrected chi connectivity index (χ0v) is 12.6. The molecule has 1 aromatic carbocycles. The van der Waals surface area contributed by atoms with E-state index < -0.39 is 0 Å². The fourth-order valence-corrected chi connectivity index (χ4v) is 4.39. The minimum Gasteiger partial charge on any atom is -0.411 e. The van der Waals surface area contributed by atoms with E-state index in [1.54, 1.807) is 0 Å². The van der Waals surface area contributed by atoms with Crippen molar-refractivity contribution in [2.75, 3.05) is 0 Å². The second kappa shape index (κ2) is 4.59. The summed E-state index contributed by atoms with van der Waals surface area (Å²) in [6.45, 7) is 7.93. The lowest BCUT2D eigenvalue weighted by atomic mass is 9.43. The standard InChI is InChI=1S/C17H24N2O/c1-16(2)13-9-14(16)17(3,15(10-13)19-20)18-11-12-7-5-4-6-8-12/h4-8,13-14,18,20H,9-11H2,1-3H3/p+1/b19-15-/t13-,14-,17+/m0/s1. The minimum absolute atomic E-state index is 0.0666. The fraction of sp³-hybridized carbons (Fsp3) is 0.588. The summed E-state index contributed by atoms with van der Waals surface area (Å²) in [6, 6.07) is 10.5. The highest BCUT2D eigenvalue weighted by molar-refractivity contribution is 5.93. The Kier molecular flexibility index (Phi) is 3.13. The molecular formula is C17H25N2O+. The third kappa shape index (κ3) is 1.87. The molecule has 0 heterocycles. The Bertz CT molecular complexity index is 523. The normalized spacial score (nSPS) is 36.6. The Labute approximate surface area is 121 Å². The van der Waals surface area contributed by atoms with Gasteiger partial charge in [-0.05, 0) is 31.1 Å². The first-order valence-corrected chi connectivity index (χ1v) is 7.58. The molecule has 3 atom stereocenters. The van der Waals surface area contributed by atoms with Gasteiger partial charge in [0.2, 0.25) is 0 Å². The van der Waals surface area contributed by atoms with E-state index >= 15 is 0 Å². The van der Waals surface area contributed by atoms with E-state index in [2.05, 4.69) is 55.5 Å². The molecule has 3 aliphatic carbocycles. The van der Waals surface area contributed by atoms with Crippen LogP contribution in [0.25, 0.3) is 0 Å². The van der Waals surface area contributed by atoms with Crippen molar-refractivity contribution in [3.63, 3.8) is 0 Å². The minimum atomic E-state index is -0.0666. The van der Waals surface area contributed by atoms with Crippen LogP contribution in [-0.2, 0) is 6.54 Å². The maximum absolute atomic E-state index is 9.40. The number of nitrogens with two attached hydrogens (primary N) is 1. The number of hydrogen-bond donors (Lipinski definition) is 2. The molecule has 0 saturated heterocycles. The number of nitrogens with zero attached hydrogens (tertiary/aromatic N) is 1. The van der Waals surface area contributed by atoms with Crippen molar-refractivity contribution >= 4 is 5.71 Å². The van der Waals surface area contributed by atoms with Gasteiger partial charge in [0.25, 0.3) is 0 Å². The first-order chi connectivity index (χ1) is 9.48. The Morgan fingerprint density at radius 3 is 2.55 bits per heavy atom. The number of hydrogen-bond acceptors (Lipinski definition) is 2. The molecule has 3 N–H and O–H groups in total. The van der Waals surface area contributed by atoms with Crippen LogP contribution < -0.4 is 5.32 Å². The highest BCUT2D eigenvalue weighted by atomic mass is 16.4. The van der Waals surface area contributed by atoms with Crippen molar-refractivity contribution in [1.29, 1.82) is 0 Å². The zero-order valence-electron chi connectivity index (χ0n) is 12.6. The van der Waals surface area contributed by atoms with Crippen LogP contribution in [0.3, 0.4) is 0 Å². The molecule has 3 fully saturated rings. The van der Waals surface area contributed by atoms with E-state index in [0.29, 0.717) is 17.3 Å². The van der Waals surface area contributed by atoms with Gasteiger partial charge in [0.1, 0.15) is 17.8 Å². The maximum Gasteiger partial charge on any atom is 0.139 e. The van der Waals surface area contributed by atoms with Crippen molar-refractivity contribution < 1.29 is 10.5 Å². The summed E-state index contributed by atoms with van der Waals surface area (Å²) in [7, 11) is 0. The van der Waals surface area contributed by atoms with Gasteiger partial charge in [0.15, 0.2) is 0 Å². The van der Waals surface area contributed by atoms with E-state index in [-0.39, 0.29) is 5.54 Å². The van der Waals surface area contributed by atoms with E-state index in [1.165, 1.54) is 12.0 Å². The molecule has 2 bridgehead atoms. The number of fused-ring (bicyclic) bond motifs is 2. The molecule has 0 amide bonds. The highest BCUT2D eigenvalue weighted by Gasteiger charge is 2.64. The van der Waals surface area contributed by atoms with Crippen molar-refractivity contribution in [2.24, 2.45) is 22.4 Å². The topological polar surface area (TPSA) is 49.2 Å². The van der Waals surface area contributed by atoms with Gasteiger partial charge >= 0.3 is 0 Å². The summed E-state index contributed by atoms with van der Waals surface area (Å²) in [5, 5.41) is 15.4. The summed E-state index contributed by atoms with van der Waals surface area (Å²) in [4.78, 5) is 0. The monoisotopic (exact) mass is 273 g/mol. The van der Waals surface area contributed by atoms with Crippen molar-refractivity contribution in [3.05, 3.63) is 35.9 Å². The largest absolute Gasteiger partial charge is 0.411 e. The lowest BCUT2D eigenvalue weighted by Crippen LogP contribution is -3.01. The Morgan fingerprint density at radius 2 is 1.95 bits per heavy atom. The number of oxime groups is 1. The third-order valence-corrected chi connectivity index (χ3v) is 5.98. The highest BCUT2D eigenvalue weighted by Crippen LogP contribution is 2.60. The predicted molar refractivity (Wildman–Crippen MR) is 79.7 cm³/mol. The van der Waals surface area contributed by atoms with Crippen LogP contribution in [-0.4, -0.2) is 16.5 Å². The molecule has 3 heteroatoms. The molecule has 3 saturated carbocycles. The molecule has 3 nitrogen and oxygen atoms in total. The molecule has 0 aromatic heterocycles. The SMILES string of the molecule is CC1(C)[C@@H]2C/C(=N/O)[C@](C)([NH2+]Cc3ccccc3)[C@H]1C2. The summed E-state index contributed by atoms with van der Waals surface area (Å²) in [6.07, 6.45) is 2.22. The molecule has 0 unspecified atom stereocenters. The lowest BCUT2D eigenvalue weighted by Gasteiger charge is -2.62. The second-order valence-corrected chi connectivity index (χ2v) is 7.23. The molecule has 0 radical (unpaired) electrons. The van der Waals surface area contributed by atoms with Gasteiger partial charge in [-0.3, -0.25) is 0 Å². The van der Waals surface area contributed by atoms with Crippen molar-refractivity contribution in [2.45, 2.75) is 45.7 Å². The second-order valence-electron chi connectivity index (χ2n) is 7.23. The number of rotatable bonds is 3. The van der Waals surface area contributed by atoms with E-state index in [4.69, 9.17) is 0 Å². The lowest BCUT2D eigenvalue weighted by molar-refractivity contribution is -0.736. The number of quaternary nitrogens is 1. The van der Waals surface area contributed by atoms with Crippen LogP contribution in [0.2, 0.25) is 0 Å². The average Bonchev–Trinajstić information content (AvgIpc) is 2.46. The van der Waals surface area contributed by atoms with E-state index in [9.17, 15) is 5.21 Å². The quantitative estimate of drug-likeness (QED) is 0.645. The van der Waals surface area contributed by atoms with Crippen LogP contribution in [0.5, 0.6) is 0 Å². The Balaban J connectivity index is 1.81. The molecule has 20 heavy (non-hydrogen) atoms. The zero-order chi connectivity index (χ0) is 14.4. The first kappa shape index (κ1) is 13.6. The van der Waals surface area contributed by atoms with Gasteiger partial charge in [-0.2, -0.15) is 0 Å². The smallest absolute Gasteiger partial charge is 0.139 e. The average molecular weight is 273 g/mol. The molecule has 1 aromatic rings. The van der Waals surface area contributed by atoms with Crippen LogP contribution in [0.15, 0.2) is 35.5 Å². The summed E-state index contributed by atoms with van der Waals surface area (Å²) < 4.78 is 0. The van der Waals surface area contributed by atoms with E-state index in [0.717, 1.165) is 18.7 Å². The van der Waals surface area contributed by atoms with Gasteiger partial charge in [0, 0.05) is 11.5 Å². The molecule has 4 rings (SSSR count). The summed E-state index contributed by atoms with van der Waals surface area (Å²) in [5.74, 6) is 1.29. The molecule has 108 valence electrons. The molecule has 3 aliphatic rings. The van der Waals surface area contributed by atoms with Crippen LogP contribution in [0, 0.1) is 17.3 Å². The van der Waals surface area contributed by atoms with Crippen molar-refractivity contribution in [1.82, 2.24) is 0 Å². The van der Waals surface area contributed by atoms with Gasteiger partial charge < -0.3 is 10.5 Å². The van der Waals surface area contributed by atoms with Crippen LogP contribution >= 0.6 is 0 Å². The van der Waals surface area contributed by atoms with Crippen LogP contribution in [0.1, 0.15) is 39.2 Å². The third-order valence-electron chi connectivity index (χ3n) is 5.98.